The van der Waals surface area contributed by atoms with Gasteiger partial charge in [-0.2, -0.15) is 0 Å². The summed E-state index contributed by atoms with van der Waals surface area (Å²) in [4.78, 5) is 4.09. The molecular weight excluding hydrogens is 202 g/mol. The van der Waals surface area contributed by atoms with Gasteiger partial charge in [-0.3, -0.25) is 0 Å². The number of nitrogens with zero attached hydrogens (tertiary/aromatic N) is 2. The number of rotatable bonds is 4. The first-order valence-corrected chi connectivity index (χ1v) is 6.05. The number of imidazole rings is 1. The van der Waals surface area contributed by atoms with Crippen LogP contribution in [0.1, 0.15) is 31.4 Å². The predicted octanol–water partition coefficient (Wildman–Crippen LogP) is 1.47. The van der Waals surface area contributed by atoms with Crippen molar-refractivity contribution in [1.82, 2.24) is 14.9 Å². The number of aryl methyl sites for hydroxylation is 1. The van der Waals surface area contributed by atoms with Crippen LogP contribution >= 0.6 is 0 Å². The van der Waals surface area contributed by atoms with Gasteiger partial charge in [-0.25, -0.2) is 4.98 Å². The van der Waals surface area contributed by atoms with Crippen LogP contribution in [-0.2, 0) is 18.4 Å². The monoisotopic (exact) mass is 223 g/mol. The summed E-state index contributed by atoms with van der Waals surface area (Å²) in [7, 11) is 4.03. The van der Waals surface area contributed by atoms with Gasteiger partial charge >= 0.3 is 0 Å². The molecule has 90 valence electrons. The summed E-state index contributed by atoms with van der Waals surface area (Å²) in [5.41, 5.74) is 1.14. The first-order valence-electron chi connectivity index (χ1n) is 6.05. The van der Waals surface area contributed by atoms with Gasteiger partial charge in [-0.1, -0.05) is 12.8 Å². The third-order valence-corrected chi connectivity index (χ3v) is 3.44. The van der Waals surface area contributed by atoms with Gasteiger partial charge in [0.1, 0.15) is 0 Å². The zero-order valence-corrected chi connectivity index (χ0v) is 10.1. The fourth-order valence-electron chi connectivity index (χ4n) is 2.34. The Morgan fingerprint density at radius 3 is 3.00 bits per heavy atom. The van der Waals surface area contributed by atoms with Crippen LogP contribution in [0.15, 0.2) is 12.5 Å². The fraction of sp³-hybridized carbons (Fsp3) is 0.750. The van der Waals surface area contributed by atoms with Crippen molar-refractivity contribution in [3.8, 4) is 0 Å². The van der Waals surface area contributed by atoms with Crippen molar-refractivity contribution >= 4 is 0 Å². The van der Waals surface area contributed by atoms with Crippen molar-refractivity contribution in [2.45, 2.75) is 44.4 Å². The maximum Gasteiger partial charge on any atom is 0.0946 e. The summed E-state index contributed by atoms with van der Waals surface area (Å²) in [5.74, 6) is 0. The molecule has 0 amide bonds. The van der Waals surface area contributed by atoms with Crippen molar-refractivity contribution < 1.29 is 4.74 Å². The Kier molecular flexibility index (Phi) is 3.96. The van der Waals surface area contributed by atoms with Gasteiger partial charge in [0.15, 0.2) is 0 Å². The lowest BCUT2D eigenvalue weighted by atomic mass is 9.92. The van der Waals surface area contributed by atoms with Crippen molar-refractivity contribution in [3.63, 3.8) is 0 Å². The lowest BCUT2D eigenvalue weighted by Crippen LogP contribution is -2.41. The molecule has 1 saturated carbocycles. The van der Waals surface area contributed by atoms with E-state index in [9.17, 15) is 0 Å². The normalized spacial score (nSPS) is 25.9. The highest BCUT2D eigenvalue weighted by molar-refractivity contribution is 4.95. The largest absolute Gasteiger partial charge is 0.370 e. The van der Waals surface area contributed by atoms with Crippen LogP contribution in [0.5, 0.6) is 0 Å². The lowest BCUT2D eigenvalue weighted by Gasteiger charge is -2.31. The molecule has 1 aromatic rings. The van der Waals surface area contributed by atoms with Crippen molar-refractivity contribution in [2.75, 3.05) is 7.05 Å². The minimum Gasteiger partial charge on any atom is -0.370 e. The van der Waals surface area contributed by atoms with Gasteiger partial charge in [0.2, 0.25) is 0 Å². The van der Waals surface area contributed by atoms with E-state index in [1.807, 2.05) is 31.2 Å². The lowest BCUT2D eigenvalue weighted by molar-refractivity contribution is -0.00587. The molecule has 0 saturated heterocycles. The van der Waals surface area contributed by atoms with Crippen LogP contribution in [0.25, 0.3) is 0 Å². The molecule has 1 aliphatic carbocycles. The van der Waals surface area contributed by atoms with E-state index in [4.69, 9.17) is 4.74 Å². The maximum absolute atomic E-state index is 5.99. The summed E-state index contributed by atoms with van der Waals surface area (Å²) in [6.45, 7) is 0.666. The van der Waals surface area contributed by atoms with Gasteiger partial charge in [-0.15, -0.1) is 0 Å². The van der Waals surface area contributed by atoms with Gasteiger partial charge in [0, 0.05) is 13.1 Å². The summed E-state index contributed by atoms with van der Waals surface area (Å²) in [6, 6.07) is 0.516. The minimum absolute atomic E-state index is 0.355. The standard InChI is InChI=1S/C12H21N3O/c1-13-11-5-3-4-6-12(11)16-8-10-7-14-9-15(10)2/h7,9,11-13H,3-6,8H2,1-2H3. The van der Waals surface area contributed by atoms with Gasteiger partial charge < -0.3 is 14.6 Å². The summed E-state index contributed by atoms with van der Waals surface area (Å²) in [5, 5.41) is 3.35. The molecule has 4 nitrogen and oxygen atoms in total. The summed E-state index contributed by atoms with van der Waals surface area (Å²) in [6.07, 6.45) is 9.04. The molecule has 16 heavy (non-hydrogen) atoms. The maximum atomic E-state index is 5.99. The van der Waals surface area contributed by atoms with Crippen LogP contribution in [0, 0.1) is 0 Å². The average molecular weight is 223 g/mol. The van der Waals surface area contributed by atoms with Crippen LogP contribution in [0.3, 0.4) is 0 Å². The number of ether oxygens (including phenoxy) is 1. The average Bonchev–Trinajstić information content (AvgIpc) is 2.72. The number of nitrogens with one attached hydrogen (secondary N) is 1. The second-order valence-corrected chi connectivity index (χ2v) is 4.52. The molecule has 4 heteroatoms. The minimum atomic E-state index is 0.355. The van der Waals surface area contributed by atoms with Crippen molar-refractivity contribution in [1.29, 1.82) is 0 Å². The van der Waals surface area contributed by atoms with E-state index in [2.05, 4.69) is 10.3 Å². The predicted molar refractivity (Wildman–Crippen MR) is 63.1 cm³/mol. The van der Waals surface area contributed by atoms with E-state index in [1.165, 1.54) is 25.7 Å². The van der Waals surface area contributed by atoms with E-state index in [-0.39, 0.29) is 0 Å². The third kappa shape index (κ3) is 2.62. The smallest absolute Gasteiger partial charge is 0.0946 e. The van der Waals surface area contributed by atoms with Crippen molar-refractivity contribution in [3.05, 3.63) is 18.2 Å². The zero-order valence-electron chi connectivity index (χ0n) is 10.1. The molecule has 1 aromatic heterocycles. The third-order valence-electron chi connectivity index (χ3n) is 3.44. The van der Waals surface area contributed by atoms with Gasteiger partial charge in [-0.05, 0) is 19.9 Å². The van der Waals surface area contributed by atoms with E-state index in [1.54, 1.807) is 0 Å². The topological polar surface area (TPSA) is 39.1 Å². The number of hydrogen-bond donors (Lipinski definition) is 1. The molecule has 2 rings (SSSR count). The van der Waals surface area contributed by atoms with Gasteiger partial charge in [0.05, 0.1) is 30.9 Å². The Balaban J connectivity index is 1.86. The van der Waals surface area contributed by atoms with E-state index in [0.29, 0.717) is 18.8 Å². The van der Waals surface area contributed by atoms with Crippen LogP contribution < -0.4 is 5.32 Å². The number of likely N-dealkylation sites (N-methyl/N-ethyl adjacent to an activating group) is 1. The van der Waals surface area contributed by atoms with E-state index >= 15 is 0 Å². The SMILES string of the molecule is CNC1CCCCC1OCc1cncn1C. The fourth-order valence-corrected chi connectivity index (χ4v) is 2.34. The Hall–Kier alpha value is -0.870. The molecule has 0 aromatic carbocycles. The van der Waals surface area contributed by atoms with Crippen molar-refractivity contribution in [2.24, 2.45) is 7.05 Å². The first kappa shape index (κ1) is 11.6. The highest BCUT2D eigenvalue weighted by atomic mass is 16.5. The highest BCUT2D eigenvalue weighted by Crippen LogP contribution is 2.21. The molecule has 2 unspecified atom stereocenters. The zero-order chi connectivity index (χ0) is 11.4. The summed E-state index contributed by atoms with van der Waals surface area (Å²) < 4.78 is 8.00. The van der Waals surface area contributed by atoms with E-state index < -0.39 is 0 Å². The van der Waals surface area contributed by atoms with Crippen LogP contribution in [-0.4, -0.2) is 28.7 Å². The molecule has 2 atom stereocenters. The molecular formula is C12H21N3O. The second kappa shape index (κ2) is 5.46. The molecule has 1 N–H and O–H groups in total. The quantitative estimate of drug-likeness (QED) is 0.840. The molecule has 0 spiro atoms. The Morgan fingerprint density at radius 2 is 2.31 bits per heavy atom. The Morgan fingerprint density at radius 1 is 1.50 bits per heavy atom. The molecule has 0 radical (unpaired) electrons. The molecule has 1 heterocycles. The number of aromatic nitrogens is 2. The Bertz CT molecular complexity index is 324. The molecule has 1 aliphatic rings. The first-order chi connectivity index (χ1) is 7.81. The van der Waals surface area contributed by atoms with E-state index in [0.717, 1.165) is 5.69 Å². The van der Waals surface area contributed by atoms with Crippen LogP contribution in [0.4, 0.5) is 0 Å². The van der Waals surface area contributed by atoms with Crippen LogP contribution in [0.2, 0.25) is 0 Å². The summed E-state index contributed by atoms with van der Waals surface area (Å²) >= 11 is 0. The Labute approximate surface area is 97.0 Å². The molecule has 0 bridgehead atoms. The second-order valence-electron chi connectivity index (χ2n) is 4.52. The molecule has 1 fully saturated rings. The van der Waals surface area contributed by atoms with Gasteiger partial charge in [0.25, 0.3) is 0 Å². The molecule has 0 aliphatic heterocycles. The number of hydrogen-bond acceptors (Lipinski definition) is 3. The highest BCUT2D eigenvalue weighted by Gasteiger charge is 2.24.